The molecule has 0 fully saturated rings. The van der Waals surface area contributed by atoms with E-state index in [1.54, 1.807) is 0 Å². The van der Waals surface area contributed by atoms with Crippen LogP contribution in [0.4, 0.5) is 5.69 Å². The molecule has 2 aromatic heterocycles. The van der Waals surface area contributed by atoms with Gasteiger partial charge < -0.3 is 10.7 Å². The van der Waals surface area contributed by atoms with Crippen LogP contribution in [0.25, 0.3) is 11.0 Å². The van der Waals surface area contributed by atoms with E-state index in [9.17, 15) is 0 Å². The third-order valence-electron chi connectivity index (χ3n) is 2.67. The van der Waals surface area contributed by atoms with Crippen molar-refractivity contribution in [1.82, 2.24) is 15.0 Å². The van der Waals surface area contributed by atoms with Crippen molar-refractivity contribution >= 4 is 28.5 Å². The van der Waals surface area contributed by atoms with Gasteiger partial charge in [0.05, 0.1) is 22.4 Å². The van der Waals surface area contributed by atoms with Gasteiger partial charge in [-0.3, -0.25) is 0 Å². The first-order valence-electron chi connectivity index (χ1n) is 5.58. The maximum absolute atomic E-state index is 5.75. The number of nitrogens with two attached hydrogens (primary N) is 1. The Balaban J connectivity index is 1.93. The van der Waals surface area contributed by atoms with Crippen LogP contribution in [0.15, 0.2) is 46.6 Å². The summed E-state index contributed by atoms with van der Waals surface area (Å²) < 4.78 is 0. The maximum Gasteiger partial charge on any atom is 0.172 e. The number of nitrogens with zero attached hydrogens (tertiary/aromatic N) is 2. The third kappa shape index (κ3) is 2.04. The molecule has 0 atom stereocenters. The summed E-state index contributed by atoms with van der Waals surface area (Å²) in [4.78, 5) is 12.2. The summed E-state index contributed by atoms with van der Waals surface area (Å²) >= 11 is 1.50. The average molecular weight is 256 g/mol. The normalized spacial score (nSPS) is 10.9. The molecular formula is C13H12N4S. The molecule has 3 aromatic rings. The van der Waals surface area contributed by atoms with Gasteiger partial charge in [0.2, 0.25) is 0 Å². The van der Waals surface area contributed by atoms with Crippen LogP contribution in [0.2, 0.25) is 0 Å². The Kier molecular flexibility index (Phi) is 2.68. The minimum Gasteiger partial charge on any atom is -0.397 e. The molecule has 0 aliphatic carbocycles. The van der Waals surface area contributed by atoms with Gasteiger partial charge >= 0.3 is 0 Å². The lowest BCUT2D eigenvalue weighted by atomic mass is 10.3. The monoisotopic (exact) mass is 256 g/mol. The summed E-state index contributed by atoms with van der Waals surface area (Å²) in [7, 11) is 0. The molecule has 0 unspecified atom stereocenters. The van der Waals surface area contributed by atoms with Gasteiger partial charge in [0.15, 0.2) is 5.16 Å². The van der Waals surface area contributed by atoms with Crippen LogP contribution >= 0.6 is 11.8 Å². The molecule has 0 aliphatic rings. The predicted octanol–water partition coefficient (Wildman–Crippen LogP) is 3.00. The van der Waals surface area contributed by atoms with Crippen LogP contribution in [0.3, 0.4) is 0 Å². The molecule has 3 N–H and O–H groups in total. The number of anilines is 1. The zero-order valence-electron chi connectivity index (χ0n) is 9.84. The first-order valence-corrected chi connectivity index (χ1v) is 6.40. The molecular weight excluding hydrogens is 244 g/mol. The number of fused-ring (bicyclic) bond motifs is 1. The lowest BCUT2D eigenvalue weighted by molar-refractivity contribution is 1.03. The zero-order valence-corrected chi connectivity index (χ0v) is 10.7. The topological polar surface area (TPSA) is 67.6 Å². The Morgan fingerprint density at radius 2 is 1.94 bits per heavy atom. The molecule has 1 aromatic carbocycles. The number of imidazole rings is 1. The van der Waals surface area contributed by atoms with Gasteiger partial charge in [-0.1, -0.05) is 12.1 Å². The highest BCUT2D eigenvalue weighted by Crippen LogP contribution is 2.26. The number of H-pyrrole nitrogens is 1. The van der Waals surface area contributed by atoms with Crippen molar-refractivity contribution in [3.8, 4) is 0 Å². The number of aryl methyl sites for hydroxylation is 1. The number of benzene rings is 1. The first kappa shape index (κ1) is 11.1. The molecule has 4 nitrogen and oxygen atoms in total. The SMILES string of the molecule is Cc1nc(Sc2nc3ccccc3[nH]2)ccc1N. The van der Waals surface area contributed by atoms with Crippen molar-refractivity contribution in [3.63, 3.8) is 0 Å². The van der Waals surface area contributed by atoms with Gasteiger partial charge in [0.25, 0.3) is 0 Å². The average Bonchev–Trinajstić information content (AvgIpc) is 2.76. The molecule has 0 saturated carbocycles. The fourth-order valence-electron chi connectivity index (χ4n) is 1.68. The molecule has 0 radical (unpaired) electrons. The van der Waals surface area contributed by atoms with Crippen molar-refractivity contribution in [2.75, 3.05) is 5.73 Å². The lowest BCUT2D eigenvalue weighted by Gasteiger charge is -2.01. The Bertz CT molecular complexity index is 672. The molecule has 0 bridgehead atoms. The number of nitrogens with one attached hydrogen (secondary N) is 1. The number of hydrogen-bond acceptors (Lipinski definition) is 4. The highest BCUT2D eigenvalue weighted by atomic mass is 32.2. The van der Waals surface area contributed by atoms with E-state index >= 15 is 0 Å². The Morgan fingerprint density at radius 3 is 2.72 bits per heavy atom. The number of hydrogen-bond donors (Lipinski definition) is 2. The number of rotatable bonds is 2. The number of para-hydroxylation sites is 2. The van der Waals surface area contributed by atoms with Crippen molar-refractivity contribution in [2.45, 2.75) is 17.1 Å². The van der Waals surface area contributed by atoms with Crippen LogP contribution in [-0.2, 0) is 0 Å². The van der Waals surface area contributed by atoms with Crippen LogP contribution < -0.4 is 5.73 Å². The molecule has 0 spiro atoms. The summed E-state index contributed by atoms with van der Waals surface area (Å²) in [6.07, 6.45) is 0. The number of aromatic nitrogens is 3. The Labute approximate surface area is 109 Å². The smallest absolute Gasteiger partial charge is 0.172 e. The Morgan fingerprint density at radius 1 is 1.11 bits per heavy atom. The zero-order chi connectivity index (χ0) is 12.5. The van der Waals surface area contributed by atoms with Gasteiger partial charge in [0, 0.05) is 0 Å². The molecule has 0 saturated heterocycles. The third-order valence-corrected chi connectivity index (χ3v) is 3.49. The molecule has 5 heteroatoms. The second kappa shape index (κ2) is 4.34. The fraction of sp³-hybridized carbons (Fsp3) is 0.0769. The fourth-order valence-corrected chi connectivity index (χ4v) is 2.50. The van der Waals surface area contributed by atoms with Gasteiger partial charge in [-0.2, -0.15) is 0 Å². The summed E-state index contributed by atoms with van der Waals surface area (Å²) in [6, 6.07) is 11.7. The van der Waals surface area contributed by atoms with Crippen molar-refractivity contribution in [1.29, 1.82) is 0 Å². The minimum absolute atomic E-state index is 0.712. The first-order chi connectivity index (χ1) is 8.72. The number of nitrogen functional groups attached to an aromatic ring is 1. The largest absolute Gasteiger partial charge is 0.397 e. The van der Waals surface area contributed by atoms with E-state index in [1.165, 1.54) is 11.8 Å². The van der Waals surface area contributed by atoms with Crippen molar-refractivity contribution in [2.24, 2.45) is 0 Å². The molecule has 2 heterocycles. The second-order valence-electron chi connectivity index (χ2n) is 3.99. The van der Waals surface area contributed by atoms with Gasteiger partial charge in [-0.15, -0.1) is 0 Å². The number of aromatic amines is 1. The van der Waals surface area contributed by atoms with Crippen LogP contribution in [-0.4, -0.2) is 15.0 Å². The number of pyridine rings is 1. The van der Waals surface area contributed by atoms with E-state index in [4.69, 9.17) is 5.73 Å². The predicted molar refractivity (Wildman–Crippen MR) is 73.6 cm³/mol. The molecule has 0 amide bonds. The van der Waals surface area contributed by atoms with Crippen molar-refractivity contribution < 1.29 is 0 Å². The quantitative estimate of drug-likeness (QED) is 0.739. The van der Waals surface area contributed by atoms with Crippen LogP contribution in [0.1, 0.15) is 5.69 Å². The minimum atomic E-state index is 0.712. The van der Waals surface area contributed by atoms with Gasteiger partial charge in [-0.25, -0.2) is 9.97 Å². The van der Waals surface area contributed by atoms with E-state index in [1.807, 2.05) is 43.3 Å². The summed E-state index contributed by atoms with van der Waals surface area (Å²) in [6.45, 7) is 1.90. The molecule has 90 valence electrons. The van der Waals surface area contributed by atoms with E-state index in [2.05, 4.69) is 15.0 Å². The molecule has 18 heavy (non-hydrogen) atoms. The highest BCUT2D eigenvalue weighted by Gasteiger charge is 2.06. The summed E-state index contributed by atoms with van der Waals surface area (Å²) in [5.41, 5.74) is 9.30. The van der Waals surface area contributed by atoms with E-state index in [-0.39, 0.29) is 0 Å². The van der Waals surface area contributed by atoms with E-state index < -0.39 is 0 Å². The Hall–Kier alpha value is -2.01. The molecule has 0 aliphatic heterocycles. The lowest BCUT2D eigenvalue weighted by Crippen LogP contribution is -1.93. The van der Waals surface area contributed by atoms with Crippen LogP contribution in [0, 0.1) is 6.92 Å². The van der Waals surface area contributed by atoms with E-state index in [0.29, 0.717) is 5.69 Å². The van der Waals surface area contributed by atoms with Gasteiger partial charge in [-0.05, 0) is 43.0 Å². The molecule has 3 rings (SSSR count). The van der Waals surface area contributed by atoms with Gasteiger partial charge in [0.1, 0.15) is 5.03 Å². The standard InChI is InChI=1S/C13H12N4S/c1-8-9(14)6-7-12(15-8)18-13-16-10-4-2-3-5-11(10)17-13/h2-7H,14H2,1H3,(H,16,17). The second-order valence-corrected chi connectivity index (χ2v) is 4.99. The van der Waals surface area contributed by atoms with E-state index in [0.717, 1.165) is 26.9 Å². The van der Waals surface area contributed by atoms with Crippen LogP contribution in [0.5, 0.6) is 0 Å². The van der Waals surface area contributed by atoms with Crippen molar-refractivity contribution in [3.05, 3.63) is 42.1 Å². The summed E-state index contributed by atoms with van der Waals surface area (Å²) in [5, 5.41) is 1.73. The highest BCUT2D eigenvalue weighted by molar-refractivity contribution is 7.99. The summed E-state index contributed by atoms with van der Waals surface area (Å²) in [5.74, 6) is 0. The maximum atomic E-state index is 5.75.